The molecule has 0 aliphatic rings. The highest BCUT2D eigenvalue weighted by molar-refractivity contribution is 5.56. The molecule has 0 fully saturated rings. The van der Waals surface area contributed by atoms with E-state index in [0.29, 0.717) is 17.4 Å². The first kappa shape index (κ1) is 12.6. The van der Waals surface area contributed by atoms with Crippen LogP contribution in [0.1, 0.15) is 26.1 Å². The van der Waals surface area contributed by atoms with Crippen molar-refractivity contribution in [2.24, 2.45) is 0 Å². The first-order valence-electron chi connectivity index (χ1n) is 5.84. The van der Waals surface area contributed by atoms with Gasteiger partial charge in [-0.1, -0.05) is 12.1 Å². The maximum atomic E-state index is 5.64. The summed E-state index contributed by atoms with van der Waals surface area (Å²) in [5, 5.41) is 3.99. The maximum Gasteiger partial charge on any atom is 0.258 e. The molecule has 1 aromatic heterocycles. The monoisotopic (exact) mass is 247 g/mol. The molecule has 96 valence electrons. The van der Waals surface area contributed by atoms with E-state index in [1.165, 1.54) is 0 Å². The van der Waals surface area contributed by atoms with Gasteiger partial charge in [0.25, 0.3) is 5.89 Å². The number of nitrogen functional groups attached to an aromatic ring is 1. The molecule has 0 radical (unpaired) electrons. The molecule has 1 heterocycles. The van der Waals surface area contributed by atoms with Crippen LogP contribution in [0.5, 0.6) is 0 Å². The first-order chi connectivity index (χ1) is 8.59. The van der Waals surface area contributed by atoms with Crippen LogP contribution in [-0.2, 0) is 10.3 Å². The second-order valence-corrected chi connectivity index (χ2v) is 4.33. The summed E-state index contributed by atoms with van der Waals surface area (Å²) in [5.74, 6) is 1.03. The molecule has 5 heteroatoms. The van der Waals surface area contributed by atoms with Gasteiger partial charge in [0.05, 0.1) is 0 Å². The molecular weight excluding hydrogens is 230 g/mol. The molecule has 0 aliphatic heterocycles. The lowest BCUT2D eigenvalue weighted by molar-refractivity contribution is -0.0106. The van der Waals surface area contributed by atoms with Crippen LogP contribution in [0.25, 0.3) is 11.5 Å². The lowest BCUT2D eigenvalue weighted by Gasteiger charge is -2.21. The molecule has 2 rings (SSSR count). The Labute approximate surface area is 106 Å². The predicted molar refractivity (Wildman–Crippen MR) is 68.8 cm³/mol. The van der Waals surface area contributed by atoms with E-state index < -0.39 is 5.60 Å². The van der Waals surface area contributed by atoms with Crippen molar-refractivity contribution >= 4 is 5.69 Å². The van der Waals surface area contributed by atoms with Crippen molar-refractivity contribution in [3.05, 3.63) is 30.1 Å². The molecule has 2 N–H and O–H groups in total. The maximum absolute atomic E-state index is 5.64. The quantitative estimate of drug-likeness (QED) is 0.840. The van der Waals surface area contributed by atoms with Crippen molar-refractivity contribution in [1.82, 2.24) is 10.1 Å². The van der Waals surface area contributed by atoms with Gasteiger partial charge in [0.15, 0.2) is 0 Å². The van der Waals surface area contributed by atoms with Gasteiger partial charge in [-0.15, -0.1) is 0 Å². The third-order valence-electron chi connectivity index (χ3n) is 3.18. The molecule has 0 aliphatic carbocycles. The fourth-order valence-electron chi connectivity index (χ4n) is 1.57. The molecule has 0 spiro atoms. The van der Waals surface area contributed by atoms with Crippen LogP contribution in [0.4, 0.5) is 5.69 Å². The van der Waals surface area contributed by atoms with E-state index in [0.717, 1.165) is 12.0 Å². The van der Waals surface area contributed by atoms with Gasteiger partial charge in [-0.05, 0) is 37.6 Å². The van der Waals surface area contributed by atoms with Gasteiger partial charge in [-0.25, -0.2) is 0 Å². The molecule has 18 heavy (non-hydrogen) atoms. The Morgan fingerprint density at radius 1 is 1.33 bits per heavy atom. The SMILES string of the molecule is CCC(C)(OC)c1noc(-c2ccc(N)cc2)n1. The Morgan fingerprint density at radius 3 is 2.56 bits per heavy atom. The van der Waals surface area contributed by atoms with Crippen LogP contribution < -0.4 is 5.73 Å². The minimum atomic E-state index is -0.518. The Kier molecular flexibility index (Phi) is 3.34. The summed E-state index contributed by atoms with van der Waals surface area (Å²) in [7, 11) is 1.64. The molecule has 2 aromatic rings. The van der Waals surface area contributed by atoms with Crippen molar-refractivity contribution in [3.8, 4) is 11.5 Å². The lowest BCUT2D eigenvalue weighted by Crippen LogP contribution is -2.24. The third-order valence-corrected chi connectivity index (χ3v) is 3.18. The summed E-state index contributed by atoms with van der Waals surface area (Å²) in [5.41, 5.74) is 6.66. The number of methoxy groups -OCH3 is 1. The average Bonchev–Trinajstić information content (AvgIpc) is 2.89. The Bertz CT molecular complexity index is 515. The predicted octanol–water partition coefficient (Wildman–Crippen LogP) is 2.59. The number of ether oxygens (including phenoxy) is 1. The number of hydrogen-bond acceptors (Lipinski definition) is 5. The van der Waals surface area contributed by atoms with Gasteiger partial charge < -0.3 is 15.0 Å². The fraction of sp³-hybridized carbons (Fsp3) is 0.385. The standard InChI is InChI=1S/C13H17N3O2/c1-4-13(2,17-3)12-15-11(18-16-12)9-5-7-10(14)8-6-9/h5-8H,4,14H2,1-3H3. The molecule has 0 saturated carbocycles. The Balaban J connectivity index is 2.33. The molecule has 0 amide bonds. The Hall–Kier alpha value is -1.88. The minimum Gasteiger partial charge on any atom is -0.399 e. The highest BCUT2D eigenvalue weighted by atomic mass is 16.5. The van der Waals surface area contributed by atoms with Gasteiger partial charge in [-0.2, -0.15) is 4.98 Å². The second kappa shape index (κ2) is 4.78. The van der Waals surface area contributed by atoms with Gasteiger partial charge >= 0.3 is 0 Å². The number of hydrogen-bond donors (Lipinski definition) is 1. The largest absolute Gasteiger partial charge is 0.399 e. The zero-order valence-electron chi connectivity index (χ0n) is 10.8. The fourth-order valence-corrected chi connectivity index (χ4v) is 1.57. The zero-order valence-corrected chi connectivity index (χ0v) is 10.8. The van der Waals surface area contributed by atoms with Crippen LogP contribution in [-0.4, -0.2) is 17.3 Å². The minimum absolute atomic E-state index is 0.474. The number of nitrogens with two attached hydrogens (primary N) is 1. The second-order valence-electron chi connectivity index (χ2n) is 4.33. The van der Waals surface area contributed by atoms with Crippen LogP contribution in [0, 0.1) is 0 Å². The Morgan fingerprint density at radius 2 is 2.00 bits per heavy atom. The number of benzene rings is 1. The summed E-state index contributed by atoms with van der Waals surface area (Å²) in [4.78, 5) is 4.38. The van der Waals surface area contributed by atoms with Crippen molar-refractivity contribution < 1.29 is 9.26 Å². The average molecular weight is 247 g/mol. The van der Waals surface area contributed by atoms with E-state index in [1.807, 2.05) is 26.0 Å². The smallest absolute Gasteiger partial charge is 0.258 e. The van der Waals surface area contributed by atoms with Crippen LogP contribution in [0.15, 0.2) is 28.8 Å². The summed E-state index contributed by atoms with van der Waals surface area (Å²) >= 11 is 0. The number of anilines is 1. The van der Waals surface area contributed by atoms with Crippen molar-refractivity contribution in [2.75, 3.05) is 12.8 Å². The zero-order chi connectivity index (χ0) is 13.2. The molecule has 0 bridgehead atoms. The van der Waals surface area contributed by atoms with Gasteiger partial charge in [0, 0.05) is 18.4 Å². The van der Waals surface area contributed by atoms with E-state index in [1.54, 1.807) is 19.2 Å². The van der Waals surface area contributed by atoms with Crippen LogP contribution in [0.3, 0.4) is 0 Å². The van der Waals surface area contributed by atoms with Crippen molar-refractivity contribution in [1.29, 1.82) is 0 Å². The van der Waals surface area contributed by atoms with Crippen molar-refractivity contribution in [3.63, 3.8) is 0 Å². The lowest BCUT2D eigenvalue weighted by atomic mass is 10.0. The highest BCUT2D eigenvalue weighted by Gasteiger charge is 2.30. The summed E-state index contributed by atoms with van der Waals surface area (Å²) in [6.45, 7) is 3.95. The molecule has 1 aromatic carbocycles. The van der Waals surface area contributed by atoms with E-state index in [2.05, 4.69) is 10.1 Å². The third kappa shape index (κ3) is 2.22. The van der Waals surface area contributed by atoms with Gasteiger partial charge in [0.1, 0.15) is 5.60 Å². The molecule has 1 atom stereocenters. The van der Waals surface area contributed by atoms with E-state index in [-0.39, 0.29) is 0 Å². The first-order valence-corrected chi connectivity index (χ1v) is 5.84. The number of aromatic nitrogens is 2. The van der Waals surface area contributed by atoms with E-state index in [4.69, 9.17) is 15.0 Å². The summed E-state index contributed by atoms with van der Waals surface area (Å²) in [6.07, 6.45) is 0.768. The molecular formula is C13H17N3O2. The highest BCUT2D eigenvalue weighted by Crippen LogP contribution is 2.28. The number of nitrogens with zero attached hydrogens (tertiary/aromatic N) is 2. The summed E-state index contributed by atoms with van der Waals surface area (Å²) in [6, 6.07) is 7.30. The van der Waals surface area contributed by atoms with Gasteiger partial charge in [-0.3, -0.25) is 0 Å². The topological polar surface area (TPSA) is 74.2 Å². The van der Waals surface area contributed by atoms with E-state index >= 15 is 0 Å². The van der Waals surface area contributed by atoms with Gasteiger partial charge in [0.2, 0.25) is 5.82 Å². The number of rotatable bonds is 4. The molecule has 1 unspecified atom stereocenters. The van der Waals surface area contributed by atoms with Crippen LogP contribution in [0.2, 0.25) is 0 Å². The van der Waals surface area contributed by atoms with Crippen LogP contribution >= 0.6 is 0 Å². The molecule has 5 nitrogen and oxygen atoms in total. The van der Waals surface area contributed by atoms with E-state index in [9.17, 15) is 0 Å². The normalized spacial score (nSPS) is 14.4. The molecule has 0 saturated heterocycles. The van der Waals surface area contributed by atoms with Crippen molar-refractivity contribution in [2.45, 2.75) is 25.9 Å². The summed E-state index contributed by atoms with van der Waals surface area (Å²) < 4.78 is 10.7.